The molecule has 272 valence electrons. The van der Waals surface area contributed by atoms with Gasteiger partial charge in [0.25, 0.3) is 0 Å². The fourth-order valence-electron chi connectivity index (χ4n) is 6.76. The summed E-state index contributed by atoms with van der Waals surface area (Å²) in [4.78, 5) is 29.6. The van der Waals surface area contributed by atoms with Crippen LogP contribution in [0.3, 0.4) is 0 Å². The van der Waals surface area contributed by atoms with E-state index in [4.69, 9.17) is 15.2 Å². The molecule has 0 aromatic heterocycles. The monoisotopic (exact) mass is 734 g/mol. The molecule has 2 aliphatic rings. The smallest absolute Gasteiger partial charge is 0.245 e. The van der Waals surface area contributed by atoms with Crippen molar-refractivity contribution in [3.63, 3.8) is 0 Å². The van der Waals surface area contributed by atoms with Crippen LogP contribution >= 0.6 is 12.4 Å². The van der Waals surface area contributed by atoms with Crippen molar-refractivity contribution in [1.29, 1.82) is 0 Å². The van der Waals surface area contributed by atoms with Crippen LogP contribution in [0.25, 0.3) is 10.8 Å². The number of carbonyl (C=O) groups is 2. The third-order valence-electron chi connectivity index (χ3n) is 9.97. The van der Waals surface area contributed by atoms with Gasteiger partial charge in [-0.1, -0.05) is 74.5 Å². The lowest BCUT2D eigenvalue weighted by molar-refractivity contribution is -0.135. The molecule has 4 aromatic rings. The van der Waals surface area contributed by atoms with Crippen LogP contribution in [-0.2, 0) is 31.6 Å². The van der Waals surface area contributed by atoms with Gasteiger partial charge in [-0.3, -0.25) is 9.59 Å². The van der Waals surface area contributed by atoms with Crippen molar-refractivity contribution in [2.75, 3.05) is 26.3 Å². The Kier molecular flexibility index (Phi) is 12.3. The third-order valence-corrected chi connectivity index (χ3v) is 11.4. The number of carbonyl (C=O) groups excluding carboxylic acids is 2. The molecular weight excluding hydrogens is 688 g/mol. The maximum absolute atomic E-state index is 13.9. The maximum Gasteiger partial charge on any atom is 0.245 e. The molecule has 1 saturated heterocycles. The second-order valence-electron chi connectivity index (χ2n) is 13.2. The van der Waals surface area contributed by atoms with Gasteiger partial charge in [-0.2, -0.15) is 0 Å². The molecule has 2 heterocycles. The highest BCUT2D eigenvalue weighted by Crippen LogP contribution is 2.34. The molecule has 2 unspecified atom stereocenters. The molecule has 1 fully saturated rings. The van der Waals surface area contributed by atoms with E-state index in [1.165, 1.54) is 0 Å². The Hall–Kier alpha value is -4.16. The number of nitrogens with two attached hydrogens (primary N) is 1. The molecule has 6 rings (SSSR count). The number of likely N-dealkylation sites (tertiary alicyclic amines) is 1. The summed E-state index contributed by atoms with van der Waals surface area (Å²) in [6.45, 7) is 6.17. The van der Waals surface area contributed by atoms with Gasteiger partial charge in [0, 0.05) is 31.5 Å². The average Bonchev–Trinajstić information content (AvgIpc) is 3.69. The van der Waals surface area contributed by atoms with E-state index in [1.54, 1.807) is 41.3 Å². The molecular formula is C39H47ClN4O6S. The highest BCUT2D eigenvalue weighted by atomic mass is 35.5. The molecule has 10 nitrogen and oxygen atoms in total. The van der Waals surface area contributed by atoms with E-state index in [2.05, 4.69) is 23.9 Å². The number of sulfonamides is 1. The molecule has 51 heavy (non-hydrogen) atoms. The fourth-order valence-corrected chi connectivity index (χ4v) is 8.02. The molecule has 12 heteroatoms. The number of halogens is 1. The van der Waals surface area contributed by atoms with Gasteiger partial charge in [0.2, 0.25) is 21.8 Å². The SMILES string of the molecule is CCC(N)(CC)c1ccc(CC(NC(=O)CC(NS(=O)(=O)c2ccc3ccccc3c2)c2ccc3c(c2)OCCO3)C(=O)N2CCCC2)cc1.Cl. The second-order valence-corrected chi connectivity index (χ2v) is 14.9. The molecule has 4 aromatic carbocycles. The lowest BCUT2D eigenvalue weighted by atomic mass is 9.85. The number of hydrogen-bond acceptors (Lipinski definition) is 7. The number of nitrogens with zero attached hydrogens (tertiary/aromatic N) is 1. The van der Waals surface area contributed by atoms with Crippen LogP contribution in [0.15, 0.2) is 89.8 Å². The van der Waals surface area contributed by atoms with Crippen molar-refractivity contribution >= 4 is 45.0 Å². The normalized spacial score (nSPS) is 15.5. The predicted octanol–water partition coefficient (Wildman–Crippen LogP) is 5.77. The molecule has 2 atom stereocenters. The highest BCUT2D eigenvalue weighted by molar-refractivity contribution is 7.89. The second kappa shape index (κ2) is 16.5. The van der Waals surface area contributed by atoms with Gasteiger partial charge in [0.15, 0.2) is 11.5 Å². The molecule has 0 bridgehead atoms. The van der Waals surface area contributed by atoms with Crippen LogP contribution in [0, 0.1) is 0 Å². The van der Waals surface area contributed by atoms with Crippen LogP contribution in [0.4, 0.5) is 0 Å². The van der Waals surface area contributed by atoms with Gasteiger partial charge in [-0.15, -0.1) is 12.4 Å². The first-order valence-electron chi connectivity index (χ1n) is 17.5. The van der Waals surface area contributed by atoms with Crippen LogP contribution in [0.5, 0.6) is 11.5 Å². The van der Waals surface area contributed by atoms with Crippen molar-refractivity contribution < 1.29 is 27.5 Å². The first kappa shape index (κ1) is 38.1. The Morgan fingerprint density at radius 2 is 1.53 bits per heavy atom. The van der Waals surface area contributed by atoms with Gasteiger partial charge >= 0.3 is 0 Å². The van der Waals surface area contributed by atoms with Gasteiger partial charge in [-0.25, -0.2) is 13.1 Å². The number of nitrogens with one attached hydrogen (secondary N) is 2. The molecule has 0 saturated carbocycles. The van der Waals surface area contributed by atoms with Crippen LogP contribution in [0.1, 0.15) is 68.7 Å². The summed E-state index contributed by atoms with van der Waals surface area (Å²) in [5, 5.41) is 4.67. The largest absolute Gasteiger partial charge is 0.486 e. The summed E-state index contributed by atoms with van der Waals surface area (Å²) in [6.07, 6.45) is 3.45. The van der Waals surface area contributed by atoms with Crippen LogP contribution < -0.4 is 25.2 Å². The van der Waals surface area contributed by atoms with Crippen molar-refractivity contribution in [1.82, 2.24) is 14.9 Å². The predicted molar refractivity (Wildman–Crippen MR) is 201 cm³/mol. The Bertz CT molecular complexity index is 1950. The van der Waals surface area contributed by atoms with E-state index in [-0.39, 0.29) is 36.1 Å². The number of ether oxygens (including phenoxy) is 2. The minimum absolute atomic E-state index is 0. The standard InChI is InChI=1S/C39H46N4O6S.ClH/c1-3-39(40,4-2)31-15-11-27(12-16-31)23-34(38(45)43-19-7-8-20-43)41-37(44)26-33(30-14-18-35-36(25-30)49-22-21-48-35)42-50(46,47)32-17-13-28-9-5-6-10-29(28)24-32;/h5-6,9-18,24-25,33-34,42H,3-4,7-8,19-23,26,40H2,1-2H3,(H,41,44);1H. The zero-order chi connectivity index (χ0) is 35.3. The number of rotatable bonds is 13. The Balaban J connectivity index is 0.00000504. The molecule has 4 N–H and O–H groups in total. The number of fused-ring (bicyclic) bond motifs is 2. The molecule has 0 aliphatic carbocycles. The zero-order valence-electron chi connectivity index (χ0n) is 29.1. The Labute approximate surface area is 306 Å². The number of hydrogen-bond donors (Lipinski definition) is 3. The van der Waals surface area contributed by atoms with Crippen molar-refractivity contribution in [2.45, 2.75) is 74.9 Å². The number of benzene rings is 4. The molecule has 0 spiro atoms. The van der Waals surface area contributed by atoms with Crippen LogP contribution in [0.2, 0.25) is 0 Å². The summed E-state index contributed by atoms with van der Waals surface area (Å²) in [7, 11) is -4.08. The average molecular weight is 735 g/mol. The lowest BCUT2D eigenvalue weighted by Gasteiger charge is -2.28. The quantitative estimate of drug-likeness (QED) is 0.159. The van der Waals surface area contributed by atoms with E-state index in [0.717, 1.165) is 47.6 Å². The molecule has 0 radical (unpaired) electrons. The van der Waals surface area contributed by atoms with E-state index in [1.807, 2.05) is 48.5 Å². The summed E-state index contributed by atoms with van der Waals surface area (Å²) in [5.41, 5.74) is 8.64. The van der Waals surface area contributed by atoms with Gasteiger partial charge in [-0.05, 0) is 77.4 Å². The van der Waals surface area contributed by atoms with Crippen LogP contribution in [-0.4, -0.2) is 57.5 Å². The molecule has 2 aliphatic heterocycles. The lowest BCUT2D eigenvalue weighted by Crippen LogP contribution is -2.49. The topological polar surface area (TPSA) is 140 Å². The summed E-state index contributed by atoms with van der Waals surface area (Å²) >= 11 is 0. The van der Waals surface area contributed by atoms with Crippen molar-refractivity contribution in [3.8, 4) is 11.5 Å². The fraction of sp³-hybridized carbons (Fsp3) is 0.385. The number of amides is 2. The Morgan fingerprint density at radius 1 is 0.863 bits per heavy atom. The van der Waals surface area contributed by atoms with Crippen molar-refractivity contribution in [3.05, 3.63) is 102 Å². The van der Waals surface area contributed by atoms with Crippen molar-refractivity contribution in [2.24, 2.45) is 5.73 Å². The zero-order valence-corrected chi connectivity index (χ0v) is 30.7. The van der Waals surface area contributed by atoms with Gasteiger partial charge in [0.1, 0.15) is 19.3 Å². The first-order valence-corrected chi connectivity index (χ1v) is 18.9. The minimum atomic E-state index is -4.08. The highest BCUT2D eigenvalue weighted by Gasteiger charge is 2.31. The van der Waals surface area contributed by atoms with E-state index in [0.29, 0.717) is 43.4 Å². The molecule has 2 amide bonds. The summed E-state index contributed by atoms with van der Waals surface area (Å²) in [6, 6.07) is 23.7. The first-order chi connectivity index (χ1) is 24.1. The Morgan fingerprint density at radius 3 is 2.22 bits per heavy atom. The maximum atomic E-state index is 13.9. The van der Waals surface area contributed by atoms with Gasteiger partial charge in [0.05, 0.1) is 10.9 Å². The summed E-state index contributed by atoms with van der Waals surface area (Å²) in [5.74, 6) is 0.413. The van der Waals surface area contributed by atoms with Gasteiger partial charge < -0.3 is 25.4 Å². The van der Waals surface area contributed by atoms with E-state index < -0.39 is 33.6 Å². The minimum Gasteiger partial charge on any atom is -0.486 e. The van der Waals surface area contributed by atoms with E-state index in [9.17, 15) is 18.0 Å². The third kappa shape index (κ3) is 8.84. The van der Waals surface area contributed by atoms with E-state index >= 15 is 0 Å². The summed E-state index contributed by atoms with van der Waals surface area (Å²) < 4.78 is 41.9.